The third-order valence-corrected chi connectivity index (χ3v) is 3.91. The maximum absolute atomic E-state index is 13.3. The van der Waals surface area contributed by atoms with Crippen molar-refractivity contribution >= 4 is 5.91 Å². The van der Waals surface area contributed by atoms with Gasteiger partial charge in [-0.3, -0.25) is 4.79 Å². The van der Waals surface area contributed by atoms with Crippen molar-refractivity contribution in [2.75, 3.05) is 0 Å². The number of aryl methyl sites for hydroxylation is 2. The number of phenolic OH excluding ortho intramolecular Hbond substituents is 1. The van der Waals surface area contributed by atoms with Gasteiger partial charge in [0, 0.05) is 0 Å². The molecule has 1 aliphatic rings. The topological polar surface area (TPSA) is 49.3 Å². The van der Waals surface area contributed by atoms with Gasteiger partial charge in [0.2, 0.25) is 0 Å². The number of aromatic hydroxyl groups is 1. The molecular formula is C17H16FNO2. The molecule has 0 bridgehead atoms. The Morgan fingerprint density at radius 3 is 2.95 bits per heavy atom. The Balaban J connectivity index is 1.83. The van der Waals surface area contributed by atoms with E-state index in [1.807, 2.05) is 19.1 Å². The molecule has 0 aliphatic heterocycles. The standard InChI is InChI=1S/C17H16FNO2/c1-10-5-7-12-11(9-10)6-8-15(12)19-17(21)13-3-2-4-14(18)16(13)20/h2-5,7,9,15,20H,6,8H2,1H3,(H,19,21)/t15-/m1/s1. The van der Waals surface area contributed by atoms with Crippen molar-refractivity contribution in [3.63, 3.8) is 0 Å². The van der Waals surface area contributed by atoms with Gasteiger partial charge in [-0.1, -0.05) is 29.8 Å². The SMILES string of the molecule is Cc1ccc2c(c1)CC[C@H]2NC(=O)c1cccc(F)c1O. The summed E-state index contributed by atoms with van der Waals surface area (Å²) < 4.78 is 13.3. The van der Waals surface area contributed by atoms with E-state index in [4.69, 9.17) is 0 Å². The van der Waals surface area contributed by atoms with Crippen LogP contribution in [0.5, 0.6) is 5.75 Å². The van der Waals surface area contributed by atoms with E-state index in [9.17, 15) is 14.3 Å². The zero-order valence-electron chi connectivity index (χ0n) is 11.7. The summed E-state index contributed by atoms with van der Waals surface area (Å²) in [5.74, 6) is -1.84. The minimum Gasteiger partial charge on any atom is -0.504 e. The summed E-state index contributed by atoms with van der Waals surface area (Å²) in [6.45, 7) is 2.04. The fraction of sp³-hybridized carbons (Fsp3) is 0.235. The molecule has 0 unspecified atom stereocenters. The molecule has 0 radical (unpaired) electrons. The molecule has 0 spiro atoms. The molecule has 1 amide bonds. The van der Waals surface area contributed by atoms with E-state index in [-0.39, 0.29) is 11.6 Å². The summed E-state index contributed by atoms with van der Waals surface area (Å²) in [5.41, 5.74) is 3.51. The van der Waals surface area contributed by atoms with Crippen molar-refractivity contribution in [2.45, 2.75) is 25.8 Å². The number of carbonyl (C=O) groups is 1. The monoisotopic (exact) mass is 285 g/mol. The highest BCUT2D eigenvalue weighted by Gasteiger charge is 2.25. The third-order valence-electron chi connectivity index (χ3n) is 3.91. The van der Waals surface area contributed by atoms with Crippen molar-refractivity contribution in [3.05, 3.63) is 64.5 Å². The zero-order valence-corrected chi connectivity index (χ0v) is 11.7. The minimum absolute atomic E-state index is 0.0319. The molecule has 0 heterocycles. The second-order valence-corrected chi connectivity index (χ2v) is 5.40. The Kier molecular flexibility index (Phi) is 3.37. The Bertz CT molecular complexity index is 712. The molecule has 2 aromatic rings. The molecule has 3 rings (SSSR count). The summed E-state index contributed by atoms with van der Waals surface area (Å²) in [5, 5.41) is 12.5. The fourth-order valence-corrected chi connectivity index (χ4v) is 2.83. The van der Waals surface area contributed by atoms with Crippen molar-refractivity contribution in [1.82, 2.24) is 5.32 Å². The van der Waals surface area contributed by atoms with Gasteiger partial charge in [-0.2, -0.15) is 0 Å². The van der Waals surface area contributed by atoms with Crippen LogP contribution in [0.15, 0.2) is 36.4 Å². The van der Waals surface area contributed by atoms with Crippen molar-refractivity contribution in [2.24, 2.45) is 0 Å². The first-order valence-electron chi connectivity index (χ1n) is 6.94. The largest absolute Gasteiger partial charge is 0.504 e. The quantitative estimate of drug-likeness (QED) is 0.889. The highest BCUT2D eigenvalue weighted by atomic mass is 19.1. The lowest BCUT2D eigenvalue weighted by atomic mass is 10.0. The predicted octanol–water partition coefficient (Wildman–Crippen LogP) is 3.26. The molecular weight excluding hydrogens is 269 g/mol. The lowest BCUT2D eigenvalue weighted by molar-refractivity contribution is 0.0933. The first-order chi connectivity index (χ1) is 10.1. The number of nitrogens with one attached hydrogen (secondary N) is 1. The van der Waals surface area contributed by atoms with E-state index >= 15 is 0 Å². The van der Waals surface area contributed by atoms with Gasteiger partial charge >= 0.3 is 0 Å². The number of para-hydroxylation sites is 1. The normalized spacial score (nSPS) is 16.6. The number of rotatable bonds is 2. The molecule has 0 saturated heterocycles. The van der Waals surface area contributed by atoms with Crippen molar-refractivity contribution < 1.29 is 14.3 Å². The highest BCUT2D eigenvalue weighted by molar-refractivity contribution is 5.97. The number of amides is 1. The Hall–Kier alpha value is -2.36. The van der Waals surface area contributed by atoms with E-state index in [1.165, 1.54) is 23.3 Å². The highest BCUT2D eigenvalue weighted by Crippen LogP contribution is 2.32. The first kappa shape index (κ1) is 13.6. The van der Waals surface area contributed by atoms with Crippen molar-refractivity contribution in [3.8, 4) is 5.75 Å². The minimum atomic E-state index is -0.787. The van der Waals surface area contributed by atoms with Gasteiger partial charge in [0.25, 0.3) is 5.91 Å². The van der Waals surface area contributed by atoms with Crippen LogP contribution in [-0.4, -0.2) is 11.0 Å². The molecule has 2 aromatic carbocycles. The van der Waals surface area contributed by atoms with Crippen LogP contribution in [-0.2, 0) is 6.42 Å². The lowest BCUT2D eigenvalue weighted by Crippen LogP contribution is -2.27. The van der Waals surface area contributed by atoms with E-state index in [2.05, 4.69) is 11.4 Å². The van der Waals surface area contributed by atoms with Crippen LogP contribution in [0.1, 0.15) is 39.5 Å². The van der Waals surface area contributed by atoms with E-state index in [0.29, 0.717) is 0 Å². The Morgan fingerprint density at radius 2 is 2.14 bits per heavy atom. The number of carbonyl (C=O) groups excluding carboxylic acids is 1. The number of hydrogen-bond acceptors (Lipinski definition) is 2. The van der Waals surface area contributed by atoms with Gasteiger partial charge in [0.15, 0.2) is 11.6 Å². The summed E-state index contributed by atoms with van der Waals surface area (Å²) >= 11 is 0. The van der Waals surface area contributed by atoms with Gasteiger partial charge in [0.05, 0.1) is 11.6 Å². The zero-order chi connectivity index (χ0) is 15.0. The van der Waals surface area contributed by atoms with Crippen LogP contribution in [0.4, 0.5) is 4.39 Å². The first-order valence-corrected chi connectivity index (χ1v) is 6.94. The molecule has 1 aliphatic carbocycles. The molecule has 0 fully saturated rings. The van der Waals surface area contributed by atoms with Gasteiger partial charge in [-0.15, -0.1) is 0 Å². The maximum atomic E-state index is 13.3. The predicted molar refractivity (Wildman–Crippen MR) is 77.8 cm³/mol. The smallest absolute Gasteiger partial charge is 0.255 e. The molecule has 21 heavy (non-hydrogen) atoms. The van der Waals surface area contributed by atoms with Crippen LogP contribution in [0.3, 0.4) is 0 Å². The van der Waals surface area contributed by atoms with E-state index < -0.39 is 17.5 Å². The second kappa shape index (κ2) is 5.20. The molecule has 2 N–H and O–H groups in total. The van der Waals surface area contributed by atoms with Crippen molar-refractivity contribution in [1.29, 1.82) is 0 Å². The number of phenols is 1. The van der Waals surface area contributed by atoms with E-state index in [1.54, 1.807) is 0 Å². The molecule has 0 aromatic heterocycles. The summed E-state index contributed by atoms with van der Waals surface area (Å²) in [6, 6.07) is 10.0. The molecule has 3 nitrogen and oxygen atoms in total. The van der Waals surface area contributed by atoms with Crippen LogP contribution in [0.2, 0.25) is 0 Å². The second-order valence-electron chi connectivity index (χ2n) is 5.40. The van der Waals surface area contributed by atoms with Crippen LogP contribution >= 0.6 is 0 Å². The Morgan fingerprint density at radius 1 is 1.33 bits per heavy atom. The van der Waals surface area contributed by atoms with Crippen LogP contribution < -0.4 is 5.32 Å². The fourth-order valence-electron chi connectivity index (χ4n) is 2.83. The van der Waals surface area contributed by atoms with E-state index in [0.717, 1.165) is 24.5 Å². The number of benzene rings is 2. The van der Waals surface area contributed by atoms with Crippen LogP contribution in [0.25, 0.3) is 0 Å². The summed E-state index contributed by atoms with van der Waals surface area (Å²) in [7, 11) is 0. The molecule has 108 valence electrons. The van der Waals surface area contributed by atoms with Gasteiger partial charge in [0.1, 0.15) is 0 Å². The van der Waals surface area contributed by atoms with Gasteiger partial charge in [-0.05, 0) is 43.0 Å². The Labute approximate surface area is 122 Å². The van der Waals surface area contributed by atoms with Crippen LogP contribution in [0, 0.1) is 12.7 Å². The summed E-state index contributed by atoms with van der Waals surface area (Å²) in [4.78, 5) is 12.2. The molecule has 0 saturated carbocycles. The van der Waals surface area contributed by atoms with Gasteiger partial charge < -0.3 is 10.4 Å². The molecule has 4 heteroatoms. The average molecular weight is 285 g/mol. The van der Waals surface area contributed by atoms with Gasteiger partial charge in [-0.25, -0.2) is 4.39 Å². The number of hydrogen-bond donors (Lipinski definition) is 2. The average Bonchev–Trinajstić information content (AvgIpc) is 2.84. The maximum Gasteiger partial charge on any atom is 0.255 e. The number of halogens is 1. The number of fused-ring (bicyclic) bond motifs is 1. The summed E-state index contributed by atoms with van der Waals surface area (Å²) in [6.07, 6.45) is 1.73. The molecule has 1 atom stereocenters. The lowest BCUT2D eigenvalue weighted by Gasteiger charge is -2.15. The third kappa shape index (κ3) is 2.49.